The monoisotopic (exact) mass is 230 g/mol. The van der Waals surface area contributed by atoms with E-state index in [-0.39, 0.29) is 5.60 Å². The van der Waals surface area contributed by atoms with Gasteiger partial charge in [-0.2, -0.15) is 12.6 Å². The van der Waals surface area contributed by atoms with Gasteiger partial charge in [0.15, 0.2) is 0 Å². The Morgan fingerprint density at radius 3 is 2.00 bits per heavy atom. The predicted octanol–water partition coefficient (Wildman–Crippen LogP) is 4.07. The van der Waals surface area contributed by atoms with Crippen molar-refractivity contribution in [1.29, 1.82) is 0 Å². The van der Waals surface area contributed by atoms with Crippen molar-refractivity contribution in [2.24, 2.45) is 5.41 Å². The molecule has 0 aromatic carbocycles. The summed E-state index contributed by atoms with van der Waals surface area (Å²) in [4.78, 5) is 0. The third-order valence-corrected chi connectivity index (χ3v) is 3.98. The molecule has 1 nitrogen and oxygen atoms in total. The van der Waals surface area contributed by atoms with E-state index >= 15 is 0 Å². The topological polar surface area (TPSA) is 9.23 Å². The van der Waals surface area contributed by atoms with Gasteiger partial charge in [0.2, 0.25) is 0 Å². The molecule has 0 saturated heterocycles. The van der Waals surface area contributed by atoms with Gasteiger partial charge in [0.25, 0.3) is 0 Å². The van der Waals surface area contributed by atoms with Gasteiger partial charge in [-0.05, 0) is 39.4 Å². The quantitative estimate of drug-likeness (QED) is 0.568. The lowest BCUT2D eigenvalue weighted by atomic mass is 9.83. The van der Waals surface area contributed by atoms with E-state index in [2.05, 4.69) is 33.4 Å². The van der Waals surface area contributed by atoms with E-state index in [0.29, 0.717) is 5.41 Å². The van der Waals surface area contributed by atoms with Crippen LogP contribution in [0.3, 0.4) is 0 Å². The molecule has 0 heterocycles. The highest BCUT2D eigenvalue weighted by atomic mass is 32.1. The van der Waals surface area contributed by atoms with Gasteiger partial charge in [-0.15, -0.1) is 0 Å². The molecule has 1 rings (SSSR count). The van der Waals surface area contributed by atoms with Crippen LogP contribution in [-0.2, 0) is 4.74 Å². The van der Waals surface area contributed by atoms with Gasteiger partial charge in [-0.1, -0.05) is 25.7 Å². The molecule has 1 saturated carbocycles. The summed E-state index contributed by atoms with van der Waals surface area (Å²) in [6.45, 7) is 7.29. The molecule has 0 unspecified atom stereocenters. The van der Waals surface area contributed by atoms with Crippen LogP contribution >= 0.6 is 12.6 Å². The Labute approximate surface area is 100 Å². The summed E-state index contributed by atoms with van der Waals surface area (Å²) in [6, 6.07) is 0. The van der Waals surface area contributed by atoms with Crippen molar-refractivity contribution in [3.63, 3.8) is 0 Å². The van der Waals surface area contributed by atoms with Crippen LogP contribution in [0.25, 0.3) is 0 Å². The molecule has 1 aliphatic carbocycles. The van der Waals surface area contributed by atoms with Crippen molar-refractivity contribution in [1.82, 2.24) is 0 Å². The fourth-order valence-corrected chi connectivity index (χ4v) is 2.60. The normalized spacial score (nSPS) is 22.4. The minimum Gasteiger partial charge on any atom is -0.375 e. The molecule has 15 heavy (non-hydrogen) atoms. The van der Waals surface area contributed by atoms with Gasteiger partial charge in [0.1, 0.15) is 0 Å². The molecular weight excluding hydrogens is 204 g/mol. The van der Waals surface area contributed by atoms with Crippen molar-refractivity contribution in [3.8, 4) is 0 Å². The summed E-state index contributed by atoms with van der Waals surface area (Å²) in [7, 11) is 0. The second kappa shape index (κ2) is 5.58. The van der Waals surface area contributed by atoms with E-state index < -0.39 is 0 Å². The second-order valence-electron chi connectivity index (χ2n) is 5.97. The first kappa shape index (κ1) is 13.4. The molecule has 0 N–H and O–H groups in total. The molecule has 0 bridgehead atoms. The van der Waals surface area contributed by atoms with E-state index in [1.54, 1.807) is 0 Å². The zero-order valence-corrected chi connectivity index (χ0v) is 11.4. The number of rotatable bonds is 3. The molecule has 2 heteroatoms. The lowest BCUT2D eigenvalue weighted by Gasteiger charge is -2.34. The largest absolute Gasteiger partial charge is 0.375 e. The van der Waals surface area contributed by atoms with Crippen LogP contribution < -0.4 is 0 Å². The van der Waals surface area contributed by atoms with Gasteiger partial charge in [0, 0.05) is 5.41 Å². The van der Waals surface area contributed by atoms with Crippen molar-refractivity contribution < 1.29 is 4.74 Å². The zero-order chi connectivity index (χ0) is 11.4. The molecule has 0 radical (unpaired) electrons. The van der Waals surface area contributed by atoms with Crippen LogP contribution in [0, 0.1) is 5.41 Å². The smallest absolute Gasteiger partial charge is 0.0598 e. The molecule has 0 amide bonds. The van der Waals surface area contributed by atoms with Crippen LogP contribution in [0.15, 0.2) is 0 Å². The Kier molecular flexibility index (Phi) is 4.98. The summed E-state index contributed by atoms with van der Waals surface area (Å²) in [5, 5.41) is 0. The number of thiol groups is 1. The predicted molar refractivity (Wildman–Crippen MR) is 69.7 cm³/mol. The number of hydrogen-bond acceptors (Lipinski definition) is 2. The first-order chi connectivity index (χ1) is 6.97. The average molecular weight is 230 g/mol. The molecular formula is C13H26OS. The van der Waals surface area contributed by atoms with Crippen LogP contribution in [0.5, 0.6) is 0 Å². The van der Waals surface area contributed by atoms with Gasteiger partial charge in [-0.3, -0.25) is 0 Å². The van der Waals surface area contributed by atoms with E-state index in [9.17, 15) is 0 Å². The Morgan fingerprint density at radius 2 is 1.60 bits per heavy atom. The van der Waals surface area contributed by atoms with E-state index in [0.717, 1.165) is 12.4 Å². The first-order valence-electron chi connectivity index (χ1n) is 6.22. The van der Waals surface area contributed by atoms with Crippen molar-refractivity contribution in [2.45, 2.75) is 64.9 Å². The summed E-state index contributed by atoms with van der Waals surface area (Å²) in [5.74, 6) is 0.975. The van der Waals surface area contributed by atoms with Crippen LogP contribution in [0.2, 0.25) is 0 Å². The van der Waals surface area contributed by atoms with Gasteiger partial charge in [0.05, 0.1) is 12.2 Å². The fourth-order valence-electron chi connectivity index (χ4n) is 2.20. The molecule has 0 spiro atoms. The summed E-state index contributed by atoms with van der Waals surface area (Å²) < 4.78 is 5.97. The van der Waals surface area contributed by atoms with Crippen LogP contribution in [0.1, 0.15) is 59.3 Å². The highest BCUT2D eigenvalue weighted by Gasteiger charge is 2.31. The molecule has 90 valence electrons. The van der Waals surface area contributed by atoms with Crippen molar-refractivity contribution >= 4 is 12.6 Å². The summed E-state index contributed by atoms with van der Waals surface area (Å²) in [6.07, 6.45) is 8.09. The molecule has 1 fully saturated rings. The Hall–Kier alpha value is 0.310. The third-order valence-electron chi connectivity index (χ3n) is 3.31. The Bertz CT molecular complexity index is 175. The SMILES string of the molecule is CC(C)(C)OCC1(CS)CCCCCC1. The van der Waals surface area contributed by atoms with Crippen molar-refractivity contribution in [3.05, 3.63) is 0 Å². The lowest BCUT2D eigenvalue weighted by molar-refractivity contribution is -0.0500. The molecule has 0 atom stereocenters. The van der Waals surface area contributed by atoms with E-state index in [1.165, 1.54) is 38.5 Å². The third kappa shape index (κ3) is 4.78. The highest BCUT2D eigenvalue weighted by molar-refractivity contribution is 7.80. The zero-order valence-electron chi connectivity index (χ0n) is 10.5. The Morgan fingerprint density at radius 1 is 1.07 bits per heavy atom. The average Bonchev–Trinajstić information content (AvgIpc) is 2.40. The number of hydrogen-bond donors (Lipinski definition) is 1. The maximum Gasteiger partial charge on any atom is 0.0598 e. The molecule has 0 aromatic rings. The minimum atomic E-state index is -0.0117. The standard InChI is InChI=1S/C13H26OS/c1-12(2,3)14-10-13(11-15)8-6-4-5-7-9-13/h15H,4-11H2,1-3H3. The first-order valence-corrected chi connectivity index (χ1v) is 6.86. The summed E-state index contributed by atoms with van der Waals surface area (Å²) in [5.41, 5.74) is 0.342. The minimum absolute atomic E-state index is 0.0117. The maximum atomic E-state index is 5.97. The number of ether oxygens (including phenoxy) is 1. The van der Waals surface area contributed by atoms with Gasteiger partial charge < -0.3 is 4.74 Å². The van der Waals surface area contributed by atoms with E-state index in [4.69, 9.17) is 4.74 Å². The summed E-state index contributed by atoms with van der Waals surface area (Å²) >= 11 is 4.55. The van der Waals surface area contributed by atoms with E-state index in [1.807, 2.05) is 0 Å². The van der Waals surface area contributed by atoms with Crippen LogP contribution in [0.4, 0.5) is 0 Å². The lowest BCUT2D eigenvalue weighted by Crippen LogP contribution is -2.33. The van der Waals surface area contributed by atoms with Gasteiger partial charge in [-0.25, -0.2) is 0 Å². The molecule has 0 aliphatic heterocycles. The second-order valence-corrected chi connectivity index (χ2v) is 6.29. The van der Waals surface area contributed by atoms with Crippen LogP contribution in [-0.4, -0.2) is 18.0 Å². The maximum absolute atomic E-state index is 5.97. The molecule has 1 aliphatic rings. The molecule has 0 aromatic heterocycles. The Balaban J connectivity index is 2.50. The van der Waals surface area contributed by atoms with Gasteiger partial charge >= 0.3 is 0 Å². The van der Waals surface area contributed by atoms with Crippen molar-refractivity contribution in [2.75, 3.05) is 12.4 Å². The highest BCUT2D eigenvalue weighted by Crippen LogP contribution is 2.37. The fraction of sp³-hybridized carbons (Fsp3) is 1.00.